The van der Waals surface area contributed by atoms with Crippen LogP contribution in [0.15, 0.2) is 48.5 Å². The predicted octanol–water partition coefficient (Wildman–Crippen LogP) is 3.22. The third-order valence-electron chi connectivity index (χ3n) is 4.49. The van der Waals surface area contributed by atoms with Crippen LogP contribution in [-0.4, -0.2) is 22.5 Å². The number of hydrogen-bond acceptors (Lipinski definition) is 3. The number of nitrogens with zero attached hydrogens (tertiary/aromatic N) is 1. The SMILES string of the molecule is NC(=O)c1cccc(CN2CCCCC2c2ccc(O)cc2)c1. The zero-order valence-corrected chi connectivity index (χ0v) is 13.1. The van der Waals surface area contributed by atoms with E-state index in [1.165, 1.54) is 18.4 Å². The fourth-order valence-electron chi connectivity index (χ4n) is 3.31. The molecule has 120 valence electrons. The van der Waals surface area contributed by atoms with Gasteiger partial charge in [-0.15, -0.1) is 0 Å². The standard InChI is InChI=1S/C19H22N2O2/c20-19(23)16-5-3-4-14(12-16)13-21-11-2-1-6-18(21)15-7-9-17(22)10-8-15/h3-5,7-10,12,18,22H,1-2,6,11,13H2,(H2,20,23). The maximum absolute atomic E-state index is 11.3. The lowest BCUT2D eigenvalue weighted by Gasteiger charge is -2.36. The zero-order chi connectivity index (χ0) is 16.2. The van der Waals surface area contributed by atoms with Crippen molar-refractivity contribution in [2.24, 2.45) is 5.73 Å². The molecule has 1 aliphatic heterocycles. The number of aromatic hydroxyl groups is 1. The van der Waals surface area contributed by atoms with Crippen LogP contribution in [0.3, 0.4) is 0 Å². The van der Waals surface area contributed by atoms with E-state index in [1.807, 2.05) is 30.3 Å². The van der Waals surface area contributed by atoms with Gasteiger partial charge in [0.1, 0.15) is 5.75 Å². The number of primary amides is 1. The van der Waals surface area contributed by atoms with Crippen molar-refractivity contribution < 1.29 is 9.90 Å². The van der Waals surface area contributed by atoms with E-state index in [0.717, 1.165) is 25.1 Å². The summed E-state index contributed by atoms with van der Waals surface area (Å²) in [5.74, 6) is -0.0918. The first-order valence-electron chi connectivity index (χ1n) is 8.05. The molecule has 1 heterocycles. The third-order valence-corrected chi connectivity index (χ3v) is 4.49. The molecule has 0 aromatic heterocycles. The van der Waals surface area contributed by atoms with Gasteiger partial charge in [-0.2, -0.15) is 0 Å². The van der Waals surface area contributed by atoms with Crippen molar-refractivity contribution in [2.45, 2.75) is 31.8 Å². The molecule has 0 bridgehead atoms. The monoisotopic (exact) mass is 310 g/mol. The third kappa shape index (κ3) is 3.71. The molecule has 0 aliphatic carbocycles. The van der Waals surface area contributed by atoms with E-state index in [-0.39, 0.29) is 5.91 Å². The lowest BCUT2D eigenvalue weighted by Crippen LogP contribution is -2.33. The van der Waals surface area contributed by atoms with Crippen molar-refractivity contribution in [1.82, 2.24) is 4.90 Å². The second-order valence-corrected chi connectivity index (χ2v) is 6.14. The average Bonchev–Trinajstić information content (AvgIpc) is 2.56. The van der Waals surface area contributed by atoms with Crippen LogP contribution in [0.2, 0.25) is 0 Å². The van der Waals surface area contributed by atoms with E-state index >= 15 is 0 Å². The van der Waals surface area contributed by atoms with Gasteiger partial charge in [-0.3, -0.25) is 9.69 Å². The first-order valence-corrected chi connectivity index (χ1v) is 8.05. The van der Waals surface area contributed by atoms with Crippen molar-refractivity contribution in [2.75, 3.05) is 6.54 Å². The lowest BCUT2D eigenvalue weighted by molar-refractivity contribution is 0.1000. The summed E-state index contributed by atoms with van der Waals surface area (Å²) in [4.78, 5) is 13.8. The summed E-state index contributed by atoms with van der Waals surface area (Å²) < 4.78 is 0. The van der Waals surface area contributed by atoms with Crippen LogP contribution in [-0.2, 0) is 6.54 Å². The number of phenols is 1. The summed E-state index contributed by atoms with van der Waals surface area (Å²) in [5.41, 5.74) is 8.26. The Morgan fingerprint density at radius 3 is 2.70 bits per heavy atom. The van der Waals surface area contributed by atoms with Crippen LogP contribution in [0, 0.1) is 0 Å². The minimum absolute atomic E-state index is 0.297. The first-order chi connectivity index (χ1) is 11.1. The van der Waals surface area contributed by atoms with Gasteiger partial charge in [0.2, 0.25) is 5.91 Å². The van der Waals surface area contributed by atoms with E-state index < -0.39 is 0 Å². The Balaban J connectivity index is 1.80. The predicted molar refractivity (Wildman–Crippen MR) is 90.1 cm³/mol. The number of benzene rings is 2. The van der Waals surface area contributed by atoms with E-state index in [1.54, 1.807) is 18.2 Å². The molecule has 0 spiro atoms. The number of nitrogens with two attached hydrogens (primary N) is 1. The Hall–Kier alpha value is -2.33. The van der Waals surface area contributed by atoms with E-state index in [9.17, 15) is 9.90 Å². The van der Waals surface area contributed by atoms with E-state index in [0.29, 0.717) is 17.4 Å². The number of piperidine rings is 1. The molecule has 1 aliphatic rings. The molecule has 4 nitrogen and oxygen atoms in total. The molecule has 2 aromatic rings. The summed E-state index contributed by atoms with van der Waals surface area (Å²) in [7, 11) is 0. The van der Waals surface area contributed by atoms with Gasteiger partial charge in [0, 0.05) is 18.2 Å². The summed E-state index contributed by atoms with van der Waals surface area (Å²) in [6, 6.07) is 15.4. The van der Waals surface area contributed by atoms with Crippen molar-refractivity contribution in [3.8, 4) is 5.75 Å². The average molecular weight is 310 g/mol. The van der Waals surface area contributed by atoms with Crippen LogP contribution in [0.25, 0.3) is 0 Å². The highest BCUT2D eigenvalue weighted by Crippen LogP contribution is 2.32. The fourth-order valence-corrected chi connectivity index (χ4v) is 3.31. The Morgan fingerprint density at radius 1 is 1.17 bits per heavy atom. The summed E-state index contributed by atoms with van der Waals surface area (Å²) in [6.07, 6.45) is 3.51. The number of carbonyl (C=O) groups excluding carboxylic acids is 1. The van der Waals surface area contributed by atoms with E-state index in [2.05, 4.69) is 4.90 Å². The quantitative estimate of drug-likeness (QED) is 0.911. The van der Waals surface area contributed by atoms with Gasteiger partial charge < -0.3 is 10.8 Å². The Labute approximate surface area is 136 Å². The minimum Gasteiger partial charge on any atom is -0.508 e. The molecule has 0 saturated carbocycles. The summed E-state index contributed by atoms with van der Waals surface area (Å²) >= 11 is 0. The maximum Gasteiger partial charge on any atom is 0.248 e. The van der Waals surface area contributed by atoms with Gasteiger partial charge in [-0.05, 0) is 54.8 Å². The molecule has 3 rings (SSSR count). The zero-order valence-electron chi connectivity index (χ0n) is 13.1. The molecule has 1 atom stereocenters. The number of carbonyl (C=O) groups is 1. The number of amides is 1. The molecule has 4 heteroatoms. The van der Waals surface area contributed by atoms with Crippen LogP contribution in [0.4, 0.5) is 0 Å². The number of hydrogen-bond donors (Lipinski definition) is 2. The Morgan fingerprint density at radius 2 is 1.96 bits per heavy atom. The van der Waals surface area contributed by atoms with Gasteiger partial charge in [0.05, 0.1) is 0 Å². The summed E-state index contributed by atoms with van der Waals surface area (Å²) in [6.45, 7) is 1.83. The molecule has 2 aromatic carbocycles. The number of phenolic OH excluding ortho intramolecular Hbond substituents is 1. The van der Waals surface area contributed by atoms with Crippen LogP contribution in [0.1, 0.15) is 46.8 Å². The molecule has 1 amide bonds. The maximum atomic E-state index is 11.3. The van der Waals surface area contributed by atoms with Gasteiger partial charge in [-0.25, -0.2) is 0 Å². The number of likely N-dealkylation sites (tertiary alicyclic amines) is 1. The smallest absolute Gasteiger partial charge is 0.248 e. The molecule has 1 unspecified atom stereocenters. The largest absolute Gasteiger partial charge is 0.508 e. The molecule has 1 saturated heterocycles. The molecule has 3 N–H and O–H groups in total. The lowest BCUT2D eigenvalue weighted by atomic mass is 9.94. The van der Waals surface area contributed by atoms with Gasteiger partial charge in [0.25, 0.3) is 0 Å². The van der Waals surface area contributed by atoms with Gasteiger partial charge in [-0.1, -0.05) is 30.7 Å². The molecule has 23 heavy (non-hydrogen) atoms. The van der Waals surface area contributed by atoms with Gasteiger partial charge in [0.15, 0.2) is 0 Å². The fraction of sp³-hybridized carbons (Fsp3) is 0.316. The Bertz CT molecular complexity index is 682. The Kier molecular flexibility index (Phi) is 4.63. The topological polar surface area (TPSA) is 66.6 Å². The molecule has 1 fully saturated rings. The van der Waals surface area contributed by atoms with Crippen molar-refractivity contribution in [3.63, 3.8) is 0 Å². The van der Waals surface area contributed by atoms with Crippen LogP contribution in [0.5, 0.6) is 5.75 Å². The first kappa shape index (κ1) is 15.6. The van der Waals surface area contributed by atoms with E-state index in [4.69, 9.17) is 5.73 Å². The normalized spacial score (nSPS) is 18.7. The highest BCUT2D eigenvalue weighted by molar-refractivity contribution is 5.92. The number of rotatable bonds is 4. The highest BCUT2D eigenvalue weighted by atomic mass is 16.3. The van der Waals surface area contributed by atoms with Crippen molar-refractivity contribution >= 4 is 5.91 Å². The van der Waals surface area contributed by atoms with Crippen molar-refractivity contribution in [3.05, 3.63) is 65.2 Å². The highest BCUT2D eigenvalue weighted by Gasteiger charge is 2.24. The molecular weight excluding hydrogens is 288 g/mol. The van der Waals surface area contributed by atoms with Crippen LogP contribution >= 0.6 is 0 Å². The minimum atomic E-state index is -0.388. The van der Waals surface area contributed by atoms with Gasteiger partial charge >= 0.3 is 0 Å². The second-order valence-electron chi connectivity index (χ2n) is 6.14. The molecular formula is C19H22N2O2. The second kappa shape index (κ2) is 6.84. The summed E-state index contributed by atoms with van der Waals surface area (Å²) in [5, 5.41) is 9.48. The van der Waals surface area contributed by atoms with Crippen molar-refractivity contribution in [1.29, 1.82) is 0 Å². The molecule has 0 radical (unpaired) electrons. The van der Waals surface area contributed by atoms with Crippen LogP contribution < -0.4 is 5.73 Å².